The number of hydrogen-bond acceptors (Lipinski definition) is 4. The van der Waals surface area contributed by atoms with Crippen LogP contribution >= 0.6 is 39.1 Å². The molecule has 0 radical (unpaired) electrons. The van der Waals surface area contributed by atoms with E-state index >= 15 is 0 Å². The van der Waals surface area contributed by atoms with Gasteiger partial charge in [0.15, 0.2) is 5.76 Å². The number of carbonyl (C=O) groups is 1. The lowest BCUT2D eigenvalue weighted by Crippen LogP contribution is -2.48. The minimum absolute atomic E-state index is 0.106. The minimum atomic E-state index is -0.106. The fourth-order valence-corrected chi connectivity index (χ4v) is 4.37. The standard InChI is InChI=1S/C23H21BrCl2N2O3/c24-17-5-7-21(20(26)13-17)30-15-18-6-8-22(31-18)23(29)28-11-9-27(10-12-28)14-16-3-1-2-4-19(16)25/h1-8,13H,9-12,14-15H2. The van der Waals surface area contributed by atoms with Crippen molar-refractivity contribution in [2.45, 2.75) is 13.2 Å². The second-order valence-electron chi connectivity index (χ2n) is 7.29. The highest BCUT2D eigenvalue weighted by atomic mass is 79.9. The van der Waals surface area contributed by atoms with Crippen LogP contribution in [-0.2, 0) is 13.2 Å². The lowest BCUT2D eigenvalue weighted by Gasteiger charge is -2.34. The molecule has 5 nitrogen and oxygen atoms in total. The third kappa shape index (κ3) is 5.63. The predicted octanol–water partition coefficient (Wildman–Crippen LogP) is 5.89. The van der Waals surface area contributed by atoms with Gasteiger partial charge in [-0.3, -0.25) is 9.69 Å². The first-order valence-corrected chi connectivity index (χ1v) is 11.5. The highest BCUT2D eigenvalue weighted by Gasteiger charge is 2.24. The molecule has 8 heteroatoms. The van der Waals surface area contributed by atoms with Crippen LogP contribution in [0.5, 0.6) is 5.75 Å². The van der Waals surface area contributed by atoms with E-state index in [4.69, 9.17) is 32.4 Å². The Labute approximate surface area is 199 Å². The molecule has 0 aliphatic carbocycles. The van der Waals surface area contributed by atoms with Crippen LogP contribution in [0.25, 0.3) is 0 Å². The smallest absolute Gasteiger partial charge is 0.289 e. The number of hydrogen-bond donors (Lipinski definition) is 0. The molecule has 2 heterocycles. The highest BCUT2D eigenvalue weighted by molar-refractivity contribution is 9.10. The maximum Gasteiger partial charge on any atom is 0.289 e. The van der Waals surface area contributed by atoms with Gasteiger partial charge in [-0.05, 0) is 42.0 Å². The van der Waals surface area contributed by atoms with Gasteiger partial charge in [-0.15, -0.1) is 0 Å². The number of piperazine rings is 1. The Morgan fingerprint density at radius 3 is 2.52 bits per heavy atom. The van der Waals surface area contributed by atoms with Crippen molar-refractivity contribution in [1.29, 1.82) is 0 Å². The molecule has 162 valence electrons. The van der Waals surface area contributed by atoms with Gasteiger partial charge in [0, 0.05) is 42.2 Å². The topological polar surface area (TPSA) is 45.9 Å². The summed E-state index contributed by atoms with van der Waals surface area (Å²) in [5.41, 5.74) is 1.10. The molecular weight excluding hydrogens is 503 g/mol. The third-order valence-electron chi connectivity index (χ3n) is 5.15. The quantitative estimate of drug-likeness (QED) is 0.404. The minimum Gasteiger partial charge on any atom is -0.484 e. The van der Waals surface area contributed by atoms with Crippen LogP contribution in [0, 0.1) is 0 Å². The Kier molecular flexibility index (Phi) is 7.23. The van der Waals surface area contributed by atoms with Gasteiger partial charge in [0.2, 0.25) is 0 Å². The molecule has 0 unspecified atom stereocenters. The van der Waals surface area contributed by atoms with Gasteiger partial charge < -0.3 is 14.1 Å². The Morgan fingerprint density at radius 2 is 1.77 bits per heavy atom. The summed E-state index contributed by atoms with van der Waals surface area (Å²) >= 11 is 15.8. The molecule has 1 aliphatic heterocycles. The summed E-state index contributed by atoms with van der Waals surface area (Å²) in [7, 11) is 0. The van der Waals surface area contributed by atoms with E-state index in [0.717, 1.165) is 34.7 Å². The number of halogens is 3. The van der Waals surface area contributed by atoms with Gasteiger partial charge in [0.1, 0.15) is 18.1 Å². The summed E-state index contributed by atoms with van der Waals surface area (Å²) in [4.78, 5) is 16.9. The summed E-state index contributed by atoms with van der Waals surface area (Å²) in [5.74, 6) is 1.34. The van der Waals surface area contributed by atoms with Gasteiger partial charge in [0.25, 0.3) is 5.91 Å². The maximum atomic E-state index is 12.8. The van der Waals surface area contributed by atoms with Crippen molar-refractivity contribution in [3.63, 3.8) is 0 Å². The molecule has 1 aliphatic rings. The van der Waals surface area contributed by atoms with Gasteiger partial charge >= 0.3 is 0 Å². The lowest BCUT2D eigenvalue weighted by molar-refractivity contribution is 0.0594. The van der Waals surface area contributed by atoms with Crippen LogP contribution < -0.4 is 4.74 Å². The average molecular weight is 524 g/mol. The Morgan fingerprint density at radius 1 is 1.00 bits per heavy atom. The zero-order valence-electron chi connectivity index (χ0n) is 16.7. The molecule has 1 aromatic heterocycles. The number of ether oxygens (including phenoxy) is 1. The van der Waals surface area contributed by atoms with Gasteiger partial charge in [-0.2, -0.15) is 0 Å². The van der Waals surface area contributed by atoms with E-state index < -0.39 is 0 Å². The molecule has 0 atom stereocenters. The van der Waals surface area contributed by atoms with Gasteiger partial charge in [-0.25, -0.2) is 0 Å². The first-order valence-electron chi connectivity index (χ1n) is 9.91. The molecular formula is C23H21BrCl2N2O3. The molecule has 2 aromatic carbocycles. The second-order valence-corrected chi connectivity index (χ2v) is 9.02. The summed E-state index contributed by atoms with van der Waals surface area (Å²) in [6, 6.07) is 16.7. The summed E-state index contributed by atoms with van der Waals surface area (Å²) < 4.78 is 12.3. The van der Waals surface area contributed by atoms with E-state index in [0.29, 0.717) is 35.4 Å². The van der Waals surface area contributed by atoms with Crippen LogP contribution in [0.4, 0.5) is 0 Å². The fourth-order valence-electron chi connectivity index (χ4n) is 3.44. The van der Waals surface area contributed by atoms with Crippen molar-refractivity contribution in [3.05, 3.63) is 86.2 Å². The van der Waals surface area contributed by atoms with Crippen LogP contribution in [-0.4, -0.2) is 41.9 Å². The van der Waals surface area contributed by atoms with Crippen molar-refractivity contribution in [2.75, 3.05) is 26.2 Å². The van der Waals surface area contributed by atoms with Crippen molar-refractivity contribution in [1.82, 2.24) is 9.80 Å². The average Bonchev–Trinajstić information content (AvgIpc) is 3.24. The molecule has 4 rings (SSSR count). The number of furan rings is 1. The third-order valence-corrected chi connectivity index (χ3v) is 6.30. The van der Waals surface area contributed by atoms with E-state index in [1.807, 2.05) is 35.2 Å². The lowest BCUT2D eigenvalue weighted by atomic mass is 10.2. The van der Waals surface area contributed by atoms with E-state index in [-0.39, 0.29) is 12.5 Å². The van der Waals surface area contributed by atoms with Crippen LogP contribution in [0.3, 0.4) is 0 Å². The summed E-state index contributed by atoms with van der Waals surface area (Å²) in [6.07, 6.45) is 0. The van der Waals surface area contributed by atoms with Crippen molar-refractivity contribution >= 4 is 45.0 Å². The molecule has 0 spiro atoms. The Balaban J connectivity index is 1.29. The van der Waals surface area contributed by atoms with E-state index in [1.54, 1.807) is 24.3 Å². The zero-order chi connectivity index (χ0) is 21.8. The molecule has 0 bridgehead atoms. The predicted molar refractivity (Wildman–Crippen MR) is 125 cm³/mol. The SMILES string of the molecule is O=C(c1ccc(COc2ccc(Br)cc2Cl)o1)N1CCN(Cc2ccccc2Cl)CC1. The number of benzene rings is 2. The zero-order valence-corrected chi connectivity index (χ0v) is 19.8. The number of nitrogens with zero attached hydrogens (tertiary/aromatic N) is 2. The van der Waals surface area contributed by atoms with Gasteiger partial charge in [-0.1, -0.05) is 57.3 Å². The first-order chi connectivity index (χ1) is 15.0. The summed E-state index contributed by atoms with van der Waals surface area (Å²) in [5, 5.41) is 1.28. The molecule has 1 saturated heterocycles. The molecule has 1 amide bonds. The molecule has 0 saturated carbocycles. The molecule has 1 fully saturated rings. The van der Waals surface area contributed by atoms with E-state index in [2.05, 4.69) is 20.8 Å². The monoisotopic (exact) mass is 522 g/mol. The van der Waals surface area contributed by atoms with Crippen LogP contribution in [0.2, 0.25) is 10.0 Å². The van der Waals surface area contributed by atoms with Crippen molar-refractivity contribution in [2.24, 2.45) is 0 Å². The maximum absolute atomic E-state index is 12.8. The molecule has 31 heavy (non-hydrogen) atoms. The Bertz CT molecular complexity index is 1060. The van der Waals surface area contributed by atoms with Crippen molar-refractivity contribution < 1.29 is 13.9 Å². The van der Waals surface area contributed by atoms with E-state index in [9.17, 15) is 4.79 Å². The van der Waals surface area contributed by atoms with Gasteiger partial charge in [0.05, 0.1) is 5.02 Å². The molecule has 3 aromatic rings. The van der Waals surface area contributed by atoms with Crippen LogP contribution in [0.1, 0.15) is 21.9 Å². The first kappa shape index (κ1) is 22.2. The highest BCUT2D eigenvalue weighted by Crippen LogP contribution is 2.28. The molecule has 0 N–H and O–H groups in total. The number of carbonyl (C=O) groups excluding carboxylic acids is 1. The van der Waals surface area contributed by atoms with E-state index in [1.165, 1.54) is 0 Å². The second kappa shape index (κ2) is 10.1. The van der Waals surface area contributed by atoms with Crippen LogP contribution in [0.15, 0.2) is 63.5 Å². The largest absolute Gasteiger partial charge is 0.484 e. The summed E-state index contributed by atoms with van der Waals surface area (Å²) in [6.45, 7) is 3.84. The van der Waals surface area contributed by atoms with Crippen molar-refractivity contribution in [3.8, 4) is 5.75 Å². The normalized spacial score (nSPS) is 14.6. The number of rotatable bonds is 6. The fraction of sp³-hybridized carbons (Fsp3) is 0.261. The Hall–Kier alpha value is -1.99. The number of amides is 1.